The van der Waals surface area contributed by atoms with Crippen LogP contribution in [0.1, 0.15) is 55.9 Å². The van der Waals surface area contributed by atoms with Crippen molar-refractivity contribution < 1.29 is 13.2 Å². The van der Waals surface area contributed by atoms with Crippen molar-refractivity contribution in [1.29, 1.82) is 0 Å². The number of pyridine rings is 1. The molecule has 0 N–H and O–H groups in total. The first-order valence-electron chi connectivity index (χ1n) is 10.7. The summed E-state index contributed by atoms with van der Waals surface area (Å²) in [7, 11) is -3.53. The van der Waals surface area contributed by atoms with Crippen LogP contribution >= 0.6 is 0 Å². The van der Waals surface area contributed by atoms with Gasteiger partial charge in [-0.3, -0.25) is 9.36 Å². The number of hydrogen-bond acceptors (Lipinski definition) is 5. The van der Waals surface area contributed by atoms with Gasteiger partial charge in [-0.05, 0) is 43.7 Å². The standard InChI is InChI=1S/C21H29N5O3S/c1-17-7-6-12-26(14-17)30(28,29)18-8-9-20(22-13-18)25-15-19(23-16-25)21(27)24-10-4-2-3-5-11-24/h8-9,13,15-17H,2-7,10-12,14H2,1H3/t17-/m0/s1. The van der Waals surface area contributed by atoms with Crippen LogP contribution < -0.4 is 0 Å². The van der Waals surface area contributed by atoms with Gasteiger partial charge in [-0.1, -0.05) is 19.8 Å². The quantitative estimate of drug-likeness (QED) is 0.743. The van der Waals surface area contributed by atoms with Crippen LogP contribution in [0.2, 0.25) is 0 Å². The van der Waals surface area contributed by atoms with E-state index in [1.807, 2.05) is 4.90 Å². The third-order valence-electron chi connectivity index (χ3n) is 5.94. The van der Waals surface area contributed by atoms with Crippen LogP contribution in [0.15, 0.2) is 35.7 Å². The Bertz CT molecular complexity index is 978. The number of carbonyl (C=O) groups excluding carboxylic acids is 1. The Hall–Kier alpha value is -2.26. The molecule has 0 unspecified atom stereocenters. The topological polar surface area (TPSA) is 88.4 Å². The van der Waals surface area contributed by atoms with Crippen LogP contribution in [0.4, 0.5) is 0 Å². The maximum absolute atomic E-state index is 12.9. The highest BCUT2D eigenvalue weighted by molar-refractivity contribution is 7.89. The van der Waals surface area contributed by atoms with Crippen molar-refractivity contribution >= 4 is 15.9 Å². The van der Waals surface area contributed by atoms with Crippen molar-refractivity contribution in [3.05, 3.63) is 36.5 Å². The van der Waals surface area contributed by atoms with Gasteiger partial charge in [0.25, 0.3) is 5.91 Å². The second kappa shape index (κ2) is 8.85. The number of nitrogens with zero attached hydrogens (tertiary/aromatic N) is 5. The summed E-state index contributed by atoms with van der Waals surface area (Å²) in [6, 6.07) is 3.23. The number of sulfonamides is 1. The average molecular weight is 432 g/mol. The summed E-state index contributed by atoms with van der Waals surface area (Å²) < 4.78 is 29.0. The van der Waals surface area contributed by atoms with Gasteiger partial charge in [0, 0.05) is 38.6 Å². The predicted molar refractivity (Wildman–Crippen MR) is 113 cm³/mol. The van der Waals surface area contributed by atoms with E-state index in [0.29, 0.717) is 30.5 Å². The fourth-order valence-electron chi connectivity index (χ4n) is 4.19. The highest BCUT2D eigenvalue weighted by atomic mass is 32.2. The lowest BCUT2D eigenvalue weighted by atomic mass is 10.0. The number of amides is 1. The lowest BCUT2D eigenvalue weighted by Crippen LogP contribution is -2.39. The van der Waals surface area contributed by atoms with Crippen molar-refractivity contribution in [2.45, 2.75) is 50.3 Å². The Labute approximate surface area is 178 Å². The molecule has 2 aliphatic rings. The largest absolute Gasteiger partial charge is 0.337 e. The van der Waals surface area contributed by atoms with Crippen LogP contribution in [-0.2, 0) is 10.0 Å². The van der Waals surface area contributed by atoms with Gasteiger partial charge in [0.1, 0.15) is 22.7 Å². The minimum atomic E-state index is -3.53. The first-order chi connectivity index (χ1) is 14.4. The number of hydrogen-bond donors (Lipinski definition) is 0. The fourth-order valence-corrected chi connectivity index (χ4v) is 5.73. The van der Waals surface area contributed by atoms with E-state index in [1.165, 1.54) is 6.20 Å². The second-order valence-electron chi connectivity index (χ2n) is 8.34. The summed E-state index contributed by atoms with van der Waals surface area (Å²) in [6.07, 6.45) is 10.9. The average Bonchev–Trinajstić information content (AvgIpc) is 3.09. The van der Waals surface area contributed by atoms with Gasteiger partial charge in [-0.2, -0.15) is 4.31 Å². The van der Waals surface area contributed by atoms with Gasteiger partial charge in [0.05, 0.1) is 0 Å². The molecule has 0 bridgehead atoms. The monoisotopic (exact) mass is 431 g/mol. The molecular weight excluding hydrogens is 402 g/mol. The molecule has 30 heavy (non-hydrogen) atoms. The van der Waals surface area contributed by atoms with Crippen molar-refractivity contribution in [2.75, 3.05) is 26.2 Å². The zero-order valence-electron chi connectivity index (χ0n) is 17.4. The number of aromatic nitrogens is 3. The molecule has 2 saturated heterocycles. The molecule has 4 heterocycles. The molecule has 0 radical (unpaired) electrons. The van der Waals surface area contributed by atoms with Gasteiger partial charge in [0.2, 0.25) is 10.0 Å². The molecule has 4 rings (SSSR count). The van der Waals surface area contributed by atoms with E-state index in [4.69, 9.17) is 0 Å². The maximum atomic E-state index is 12.9. The maximum Gasteiger partial charge on any atom is 0.274 e. The summed E-state index contributed by atoms with van der Waals surface area (Å²) >= 11 is 0. The molecule has 0 aliphatic carbocycles. The Kier molecular flexibility index (Phi) is 6.19. The van der Waals surface area contributed by atoms with Crippen LogP contribution in [0.3, 0.4) is 0 Å². The normalized spacial score (nSPS) is 21.4. The van der Waals surface area contributed by atoms with Gasteiger partial charge in [-0.15, -0.1) is 0 Å². The highest BCUT2D eigenvalue weighted by Crippen LogP contribution is 2.23. The van der Waals surface area contributed by atoms with E-state index in [9.17, 15) is 13.2 Å². The van der Waals surface area contributed by atoms with E-state index in [0.717, 1.165) is 51.6 Å². The van der Waals surface area contributed by atoms with Gasteiger partial charge < -0.3 is 4.90 Å². The van der Waals surface area contributed by atoms with Crippen LogP contribution in [0.5, 0.6) is 0 Å². The number of rotatable bonds is 4. The fraction of sp³-hybridized carbons (Fsp3) is 0.571. The van der Waals surface area contributed by atoms with Crippen LogP contribution in [0.25, 0.3) is 5.82 Å². The van der Waals surface area contributed by atoms with Crippen molar-refractivity contribution in [2.24, 2.45) is 5.92 Å². The van der Waals surface area contributed by atoms with Crippen molar-refractivity contribution in [1.82, 2.24) is 23.7 Å². The Morgan fingerprint density at radius 3 is 2.47 bits per heavy atom. The molecule has 2 aromatic heterocycles. The first kappa shape index (κ1) is 21.0. The Morgan fingerprint density at radius 2 is 1.80 bits per heavy atom. The number of likely N-dealkylation sites (tertiary alicyclic amines) is 1. The third-order valence-corrected chi connectivity index (χ3v) is 7.79. The van der Waals surface area contributed by atoms with Gasteiger partial charge in [0.15, 0.2) is 0 Å². The zero-order chi connectivity index (χ0) is 21.1. The summed E-state index contributed by atoms with van der Waals surface area (Å²) in [5.74, 6) is 0.837. The van der Waals surface area contributed by atoms with Gasteiger partial charge in [-0.25, -0.2) is 18.4 Å². The summed E-state index contributed by atoms with van der Waals surface area (Å²) in [4.78, 5) is 23.4. The summed E-state index contributed by atoms with van der Waals surface area (Å²) in [6.45, 7) is 4.72. The molecule has 2 fully saturated rings. The molecule has 0 spiro atoms. The van der Waals surface area contributed by atoms with Crippen LogP contribution in [0, 0.1) is 5.92 Å². The van der Waals surface area contributed by atoms with E-state index in [1.54, 1.807) is 33.5 Å². The lowest BCUT2D eigenvalue weighted by Gasteiger charge is -2.29. The zero-order valence-corrected chi connectivity index (χ0v) is 18.2. The first-order valence-corrected chi connectivity index (χ1v) is 12.2. The molecule has 1 atom stereocenters. The minimum absolute atomic E-state index is 0.0610. The second-order valence-corrected chi connectivity index (χ2v) is 10.3. The van der Waals surface area contributed by atoms with E-state index >= 15 is 0 Å². The molecule has 162 valence electrons. The summed E-state index contributed by atoms with van der Waals surface area (Å²) in [5, 5.41) is 0. The lowest BCUT2D eigenvalue weighted by molar-refractivity contribution is 0.0756. The van der Waals surface area contributed by atoms with E-state index in [-0.39, 0.29) is 10.8 Å². The molecule has 8 nitrogen and oxygen atoms in total. The summed E-state index contributed by atoms with van der Waals surface area (Å²) in [5.41, 5.74) is 0.387. The molecule has 1 amide bonds. The Balaban J connectivity index is 1.49. The molecular formula is C21H29N5O3S. The Morgan fingerprint density at radius 1 is 1.03 bits per heavy atom. The third kappa shape index (κ3) is 4.41. The number of imidazole rings is 1. The van der Waals surface area contributed by atoms with E-state index in [2.05, 4.69) is 16.9 Å². The smallest absolute Gasteiger partial charge is 0.274 e. The number of piperidine rings is 1. The van der Waals surface area contributed by atoms with Crippen LogP contribution in [-0.4, -0.2) is 64.2 Å². The molecule has 0 aromatic carbocycles. The molecule has 2 aliphatic heterocycles. The molecule has 2 aromatic rings. The van der Waals surface area contributed by atoms with Crippen molar-refractivity contribution in [3.63, 3.8) is 0 Å². The highest BCUT2D eigenvalue weighted by Gasteiger charge is 2.29. The van der Waals surface area contributed by atoms with Crippen molar-refractivity contribution in [3.8, 4) is 5.82 Å². The minimum Gasteiger partial charge on any atom is -0.337 e. The molecule has 9 heteroatoms. The van der Waals surface area contributed by atoms with Gasteiger partial charge >= 0.3 is 0 Å². The SMILES string of the molecule is C[C@H]1CCCN(S(=O)(=O)c2ccc(-n3cnc(C(=O)N4CCCCCC4)c3)nc2)C1. The number of carbonyl (C=O) groups is 1. The molecule has 0 saturated carbocycles. The van der Waals surface area contributed by atoms with E-state index < -0.39 is 10.0 Å². The predicted octanol–water partition coefficient (Wildman–Crippen LogP) is 2.70.